The number of hydrogen-bond donors (Lipinski definition) is 5. The van der Waals surface area contributed by atoms with Gasteiger partial charge in [0.05, 0.1) is 60.3 Å². The molecule has 3 aliphatic heterocycles. The van der Waals surface area contributed by atoms with Crippen LogP contribution >= 0.6 is 34.7 Å². The van der Waals surface area contributed by atoms with Crippen molar-refractivity contribution in [2.24, 2.45) is 4.99 Å². The number of aryl methyl sites for hydroxylation is 1. The van der Waals surface area contributed by atoms with Gasteiger partial charge in [0.1, 0.15) is 29.5 Å². The van der Waals surface area contributed by atoms with E-state index in [9.17, 15) is 23.6 Å². The zero-order valence-corrected chi connectivity index (χ0v) is 42.6. The molecule has 1 aliphatic carbocycles. The Morgan fingerprint density at radius 2 is 1.80 bits per heavy atom. The fraction of sp³-hybridized carbons (Fsp3) is 0.542. The van der Waals surface area contributed by atoms with Crippen LogP contribution in [0, 0.1) is 12.7 Å². The summed E-state index contributed by atoms with van der Waals surface area (Å²) < 4.78 is 46.5. The number of rotatable bonds is 23. The number of aromatic nitrogens is 1. The van der Waals surface area contributed by atoms with Crippen molar-refractivity contribution in [2.45, 2.75) is 81.8 Å². The van der Waals surface area contributed by atoms with Gasteiger partial charge in [0.2, 0.25) is 11.8 Å². The van der Waals surface area contributed by atoms with E-state index in [1.165, 1.54) is 34.1 Å². The number of thioether (sulfide) groups is 1. The third kappa shape index (κ3) is 13.3. The maximum Gasteiger partial charge on any atom is 0.258 e. The lowest BCUT2D eigenvalue weighted by Gasteiger charge is -2.37. The second-order valence-corrected chi connectivity index (χ2v) is 21.0. The number of benzene rings is 2. The van der Waals surface area contributed by atoms with E-state index in [0.29, 0.717) is 123 Å². The number of thiazole rings is 1. The van der Waals surface area contributed by atoms with Crippen LogP contribution < -0.4 is 31.3 Å². The molecule has 3 aromatic rings. The number of amides is 4. The van der Waals surface area contributed by atoms with Gasteiger partial charge in [-0.15, -0.1) is 11.3 Å². The number of aliphatic imine (C=N–C) groups is 1. The lowest BCUT2D eigenvalue weighted by atomic mass is 10.00. The van der Waals surface area contributed by atoms with E-state index in [1.54, 1.807) is 56.2 Å². The smallest absolute Gasteiger partial charge is 0.258 e. The Hall–Kier alpha value is -5.06. The summed E-state index contributed by atoms with van der Waals surface area (Å²) in [4.78, 5) is 69.2. The highest BCUT2D eigenvalue weighted by Crippen LogP contribution is 2.41. The molecule has 2 aromatic carbocycles. The molecule has 4 aliphatic rings. The number of nitrogens with zero attached hydrogens (tertiary/aromatic N) is 5. The van der Waals surface area contributed by atoms with Crippen molar-refractivity contribution in [1.29, 1.82) is 0 Å². The molecule has 1 aromatic heterocycles. The highest BCUT2D eigenvalue weighted by Gasteiger charge is 2.53. The number of carbonyl (C=O) groups is 4. The summed E-state index contributed by atoms with van der Waals surface area (Å²) in [6.45, 7) is 10.7. The van der Waals surface area contributed by atoms with Crippen LogP contribution in [-0.2, 0) is 30.4 Å². The number of carbonyl (C=O) groups excluding carboxylic acids is 4. The molecule has 4 amide bonds. The number of halogens is 3. The van der Waals surface area contributed by atoms with Gasteiger partial charge in [0.15, 0.2) is 12.0 Å². The predicted octanol–water partition coefficient (Wildman–Crippen LogP) is 4.86. The minimum absolute atomic E-state index is 0.0609. The molecular formula is C48H63ClF2N10O7S2. The molecule has 0 radical (unpaired) electrons. The zero-order valence-electron chi connectivity index (χ0n) is 40.2. The molecule has 17 nitrogen and oxygen atoms in total. The van der Waals surface area contributed by atoms with Crippen LogP contribution in [-0.4, -0.2) is 164 Å². The van der Waals surface area contributed by atoms with Crippen molar-refractivity contribution in [3.8, 4) is 16.2 Å². The first-order valence-electron chi connectivity index (χ1n) is 23.5. The molecule has 0 spiro atoms. The molecule has 22 heteroatoms. The van der Waals surface area contributed by atoms with Crippen LogP contribution in [0.2, 0.25) is 0 Å². The SMILES string of the molecule is CNC1=C(Cl)C=NC(Nc2ccc(C(=O)N3CCN(CCOCCOCCSC(C)(C)[C@H](NC(=O)C4(F)CC4)C(=O)N4CCC[C@H]4C(=O)NCc4ccc(-c5scnc5C)c(F)c4)CC3)cc2OC)N1. The number of hydrogen-bond acceptors (Lipinski definition) is 15. The normalized spacial score (nSPS) is 19.4. The largest absolute Gasteiger partial charge is 0.495 e. The quantitative estimate of drug-likeness (QED) is 0.0811. The molecule has 0 bridgehead atoms. The summed E-state index contributed by atoms with van der Waals surface area (Å²) in [5.74, 6) is -0.526. The van der Waals surface area contributed by atoms with Crippen LogP contribution in [0.25, 0.3) is 10.4 Å². The standard InChI is InChI=1S/C48H63ClF2N10O7S2/c1-30-39(69-29-55-30)33-10-8-31(25-35(33)50)27-53-42(62)37-7-6-14-61(37)44(64)40(57-45(65)48(51)12-13-48)47(2,3)70-24-23-68-22-21-67-20-19-59-15-17-60(18-16-59)43(63)32-9-11-36(38(26-32)66-5)56-46-54-28-34(49)41(52-4)58-46/h8-11,25-26,28-29,37,40,46,52,56,58H,6-7,12-24,27H2,1-5H3,(H,53,62)(H,57,65)/t37-,40+,46?/m0/s1. The fourth-order valence-corrected chi connectivity index (χ4v) is 10.5. The van der Waals surface area contributed by atoms with Gasteiger partial charge in [-0.2, -0.15) is 11.8 Å². The first-order valence-corrected chi connectivity index (χ1v) is 25.7. The second-order valence-electron chi connectivity index (χ2n) is 18.0. The molecule has 1 saturated carbocycles. The molecule has 1 unspecified atom stereocenters. The number of anilines is 1. The average Bonchev–Trinajstić information content (AvgIpc) is 3.68. The van der Waals surface area contributed by atoms with Crippen LogP contribution in [0.1, 0.15) is 61.1 Å². The Balaban J connectivity index is 0.804. The Labute approximate surface area is 420 Å². The fourth-order valence-electron chi connectivity index (χ4n) is 8.44. The predicted molar refractivity (Wildman–Crippen MR) is 268 cm³/mol. The van der Waals surface area contributed by atoms with E-state index in [0.717, 1.165) is 10.6 Å². The van der Waals surface area contributed by atoms with Crippen LogP contribution in [0.3, 0.4) is 0 Å². The van der Waals surface area contributed by atoms with E-state index >= 15 is 4.39 Å². The topological polar surface area (TPSA) is 191 Å². The number of ether oxygens (including phenoxy) is 3. The summed E-state index contributed by atoms with van der Waals surface area (Å²) in [5, 5.41) is 15.4. The summed E-state index contributed by atoms with van der Waals surface area (Å²) in [7, 11) is 3.31. The molecule has 4 heterocycles. The Bertz CT molecular complexity index is 2420. The number of allylic oxidation sites excluding steroid dienone is 1. The number of alkyl halides is 1. The van der Waals surface area contributed by atoms with E-state index in [4.69, 9.17) is 25.8 Å². The number of likely N-dealkylation sites (tertiary alicyclic amines) is 1. The minimum atomic E-state index is -2.00. The summed E-state index contributed by atoms with van der Waals surface area (Å²) in [5.41, 5.74) is 2.61. The molecule has 5 N–H and O–H groups in total. The van der Waals surface area contributed by atoms with Crippen molar-refractivity contribution in [2.75, 3.05) is 90.9 Å². The second kappa shape index (κ2) is 23.9. The van der Waals surface area contributed by atoms with E-state index in [2.05, 4.69) is 41.5 Å². The first-order chi connectivity index (χ1) is 33.6. The number of piperazine rings is 1. The van der Waals surface area contributed by atoms with Gasteiger partial charge < -0.3 is 50.6 Å². The van der Waals surface area contributed by atoms with Crippen LogP contribution in [0.15, 0.2) is 57.8 Å². The van der Waals surface area contributed by atoms with Crippen molar-refractivity contribution in [3.63, 3.8) is 0 Å². The van der Waals surface area contributed by atoms with Gasteiger partial charge in [-0.3, -0.25) is 24.1 Å². The van der Waals surface area contributed by atoms with Gasteiger partial charge in [-0.25, -0.2) is 18.8 Å². The molecular weight excluding hydrogens is 966 g/mol. The van der Waals surface area contributed by atoms with Gasteiger partial charge in [-0.05, 0) is 76.3 Å². The zero-order chi connectivity index (χ0) is 50.0. The maximum atomic E-state index is 15.1. The minimum Gasteiger partial charge on any atom is -0.495 e. The van der Waals surface area contributed by atoms with Crippen molar-refractivity contribution in [1.82, 2.24) is 41.0 Å². The molecule has 7 rings (SSSR count). The summed E-state index contributed by atoms with van der Waals surface area (Å²) >= 11 is 8.93. The highest BCUT2D eigenvalue weighted by molar-refractivity contribution is 8.00. The maximum absolute atomic E-state index is 15.1. The van der Waals surface area contributed by atoms with Crippen molar-refractivity contribution >= 4 is 70.2 Å². The van der Waals surface area contributed by atoms with Crippen molar-refractivity contribution in [3.05, 3.63) is 75.4 Å². The van der Waals surface area contributed by atoms with Crippen LogP contribution in [0.4, 0.5) is 14.5 Å². The molecule has 3 atom stereocenters. The molecule has 70 heavy (non-hydrogen) atoms. The third-order valence-corrected chi connectivity index (χ3v) is 15.4. The van der Waals surface area contributed by atoms with Gasteiger partial charge >= 0.3 is 0 Å². The Morgan fingerprint density at radius 1 is 1.04 bits per heavy atom. The number of methoxy groups -OCH3 is 1. The lowest BCUT2D eigenvalue weighted by molar-refractivity contribution is -0.143. The Kier molecular flexibility index (Phi) is 18.0. The average molecular weight is 1030 g/mol. The summed E-state index contributed by atoms with van der Waals surface area (Å²) in [6, 6.07) is 8.19. The van der Waals surface area contributed by atoms with E-state index in [1.807, 2.05) is 25.7 Å². The van der Waals surface area contributed by atoms with Gasteiger partial charge in [0.25, 0.3) is 11.8 Å². The van der Waals surface area contributed by atoms with Gasteiger partial charge in [0, 0.05) is 80.7 Å². The van der Waals surface area contributed by atoms with Crippen LogP contribution in [0.5, 0.6) is 5.75 Å². The van der Waals surface area contributed by atoms with Gasteiger partial charge in [-0.1, -0.05) is 23.7 Å². The Morgan fingerprint density at radius 3 is 2.49 bits per heavy atom. The lowest BCUT2D eigenvalue weighted by Crippen LogP contribution is -2.61. The molecule has 380 valence electrons. The van der Waals surface area contributed by atoms with Crippen molar-refractivity contribution < 1.29 is 42.2 Å². The number of nitrogens with one attached hydrogen (secondary N) is 5. The summed E-state index contributed by atoms with van der Waals surface area (Å²) in [6.07, 6.45) is 2.26. The first kappa shape index (κ1) is 52.8. The van der Waals surface area contributed by atoms with E-state index in [-0.39, 0.29) is 31.2 Å². The molecule has 3 fully saturated rings. The third-order valence-electron chi connectivity index (χ3n) is 12.8. The monoisotopic (exact) mass is 1030 g/mol. The molecule has 2 saturated heterocycles. The highest BCUT2D eigenvalue weighted by atomic mass is 35.5. The van der Waals surface area contributed by atoms with E-state index < -0.39 is 46.4 Å².